The molecule has 3 heteroatoms. The highest BCUT2D eigenvalue weighted by Crippen LogP contribution is 2.12. The molecule has 0 aliphatic heterocycles. The first-order valence-corrected chi connectivity index (χ1v) is 6.90. The summed E-state index contributed by atoms with van der Waals surface area (Å²) < 4.78 is 0. The van der Waals surface area contributed by atoms with Crippen LogP contribution in [0, 0.1) is 0 Å². The lowest BCUT2D eigenvalue weighted by atomic mass is 10.1. The van der Waals surface area contributed by atoms with Gasteiger partial charge >= 0.3 is 0 Å². The Labute approximate surface area is 120 Å². The van der Waals surface area contributed by atoms with E-state index in [1.807, 2.05) is 61.5 Å². The van der Waals surface area contributed by atoms with Crippen molar-refractivity contribution in [2.75, 3.05) is 10.6 Å². The van der Waals surface area contributed by atoms with Crippen LogP contribution in [0.3, 0.4) is 0 Å². The number of anilines is 2. The average molecular weight is 268 g/mol. The first-order valence-electron chi connectivity index (χ1n) is 6.90. The minimum Gasteiger partial charge on any atom is -0.374 e. The standard InChI is InChI=1S/C17H20N2O/c1-3-14-9-11-16(12-10-14)19-17(20)13(2)18-15-7-5-4-6-8-15/h4-13,18H,3H2,1-2H3,(H,19,20)/t13-/m1/s1. The van der Waals surface area contributed by atoms with E-state index in [4.69, 9.17) is 0 Å². The second kappa shape index (κ2) is 6.75. The van der Waals surface area contributed by atoms with Crippen LogP contribution in [0.15, 0.2) is 54.6 Å². The van der Waals surface area contributed by atoms with Crippen LogP contribution in [0.25, 0.3) is 0 Å². The number of hydrogen-bond donors (Lipinski definition) is 2. The van der Waals surface area contributed by atoms with Crippen LogP contribution in [-0.2, 0) is 11.2 Å². The van der Waals surface area contributed by atoms with Gasteiger partial charge in [-0.2, -0.15) is 0 Å². The molecule has 104 valence electrons. The van der Waals surface area contributed by atoms with Crippen LogP contribution < -0.4 is 10.6 Å². The van der Waals surface area contributed by atoms with Crippen molar-refractivity contribution in [1.29, 1.82) is 0 Å². The van der Waals surface area contributed by atoms with Gasteiger partial charge in [0.1, 0.15) is 6.04 Å². The van der Waals surface area contributed by atoms with Crippen molar-refractivity contribution in [3.8, 4) is 0 Å². The van der Waals surface area contributed by atoms with Crippen molar-refractivity contribution in [1.82, 2.24) is 0 Å². The van der Waals surface area contributed by atoms with Gasteiger partial charge < -0.3 is 10.6 Å². The Morgan fingerprint density at radius 3 is 2.25 bits per heavy atom. The van der Waals surface area contributed by atoms with Gasteiger partial charge in [0.15, 0.2) is 0 Å². The molecule has 0 aliphatic carbocycles. The quantitative estimate of drug-likeness (QED) is 0.868. The Morgan fingerprint density at radius 2 is 1.65 bits per heavy atom. The molecule has 0 unspecified atom stereocenters. The van der Waals surface area contributed by atoms with E-state index in [1.165, 1.54) is 5.56 Å². The number of nitrogens with one attached hydrogen (secondary N) is 2. The molecule has 2 aromatic carbocycles. The normalized spacial score (nSPS) is 11.7. The summed E-state index contributed by atoms with van der Waals surface area (Å²) in [6.07, 6.45) is 1.00. The van der Waals surface area contributed by atoms with Gasteiger partial charge in [-0.25, -0.2) is 0 Å². The summed E-state index contributed by atoms with van der Waals surface area (Å²) in [7, 11) is 0. The Bertz CT molecular complexity index is 549. The van der Waals surface area contributed by atoms with E-state index in [9.17, 15) is 4.79 Å². The Hall–Kier alpha value is -2.29. The molecule has 0 bridgehead atoms. The molecule has 1 atom stereocenters. The first-order chi connectivity index (χ1) is 9.69. The van der Waals surface area contributed by atoms with Crippen LogP contribution >= 0.6 is 0 Å². The molecule has 0 aromatic heterocycles. The number of carbonyl (C=O) groups excluding carboxylic acids is 1. The fourth-order valence-corrected chi connectivity index (χ4v) is 1.92. The van der Waals surface area contributed by atoms with Gasteiger partial charge in [0.2, 0.25) is 5.91 Å². The minimum atomic E-state index is -0.289. The maximum absolute atomic E-state index is 12.1. The minimum absolute atomic E-state index is 0.0434. The predicted molar refractivity (Wildman–Crippen MR) is 84.0 cm³/mol. The van der Waals surface area contributed by atoms with E-state index in [0.717, 1.165) is 17.8 Å². The topological polar surface area (TPSA) is 41.1 Å². The molecule has 0 saturated carbocycles. The van der Waals surface area contributed by atoms with E-state index in [-0.39, 0.29) is 11.9 Å². The Kier molecular flexibility index (Phi) is 4.77. The van der Waals surface area contributed by atoms with E-state index in [2.05, 4.69) is 17.6 Å². The molecule has 3 nitrogen and oxygen atoms in total. The van der Waals surface area contributed by atoms with Gasteiger partial charge in [0.05, 0.1) is 0 Å². The van der Waals surface area contributed by atoms with E-state index >= 15 is 0 Å². The Morgan fingerprint density at radius 1 is 1.00 bits per heavy atom. The van der Waals surface area contributed by atoms with Gasteiger partial charge in [-0.1, -0.05) is 37.3 Å². The van der Waals surface area contributed by atoms with Crippen LogP contribution in [-0.4, -0.2) is 11.9 Å². The summed E-state index contributed by atoms with van der Waals surface area (Å²) in [6, 6.07) is 17.4. The first kappa shape index (κ1) is 14.1. The number of rotatable bonds is 5. The molecule has 2 N–H and O–H groups in total. The fraction of sp³-hybridized carbons (Fsp3) is 0.235. The highest BCUT2D eigenvalue weighted by atomic mass is 16.2. The lowest BCUT2D eigenvalue weighted by Gasteiger charge is -2.15. The maximum Gasteiger partial charge on any atom is 0.246 e. The number of benzene rings is 2. The second-order valence-electron chi connectivity index (χ2n) is 4.77. The third-order valence-corrected chi connectivity index (χ3v) is 3.18. The van der Waals surface area contributed by atoms with E-state index in [1.54, 1.807) is 0 Å². The predicted octanol–water partition coefficient (Wildman–Crippen LogP) is 3.69. The number of hydrogen-bond acceptors (Lipinski definition) is 2. The van der Waals surface area contributed by atoms with Crippen LogP contribution in [0.1, 0.15) is 19.4 Å². The van der Waals surface area contributed by atoms with E-state index < -0.39 is 0 Å². The van der Waals surface area contributed by atoms with Crippen molar-refractivity contribution in [3.63, 3.8) is 0 Å². The summed E-state index contributed by atoms with van der Waals surface area (Å²) in [4.78, 5) is 12.1. The van der Waals surface area contributed by atoms with Crippen molar-refractivity contribution in [3.05, 3.63) is 60.2 Å². The van der Waals surface area contributed by atoms with Gasteiger partial charge in [-0.15, -0.1) is 0 Å². The largest absolute Gasteiger partial charge is 0.374 e. The molecule has 1 amide bonds. The molecule has 20 heavy (non-hydrogen) atoms. The van der Waals surface area contributed by atoms with Crippen molar-refractivity contribution in [2.24, 2.45) is 0 Å². The average Bonchev–Trinajstić information content (AvgIpc) is 2.49. The second-order valence-corrected chi connectivity index (χ2v) is 4.77. The Balaban J connectivity index is 1.93. The molecule has 0 radical (unpaired) electrons. The SMILES string of the molecule is CCc1ccc(NC(=O)[C@@H](C)Nc2ccccc2)cc1. The summed E-state index contributed by atoms with van der Waals surface area (Å²) in [5, 5.41) is 6.08. The lowest BCUT2D eigenvalue weighted by molar-refractivity contribution is -0.116. The zero-order valence-corrected chi connectivity index (χ0v) is 11.9. The lowest BCUT2D eigenvalue weighted by Crippen LogP contribution is -2.31. The molecule has 0 aliphatic rings. The monoisotopic (exact) mass is 268 g/mol. The summed E-state index contributed by atoms with van der Waals surface area (Å²) in [6.45, 7) is 3.96. The molecular formula is C17H20N2O. The highest BCUT2D eigenvalue weighted by molar-refractivity contribution is 5.96. The third-order valence-electron chi connectivity index (χ3n) is 3.18. The summed E-state index contributed by atoms with van der Waals surface area (Å²) in [5.41, 5.74) is 3.03. The smallest absolute Gasteiger partial charge is 0.246 e. The maximum atomic E-state index is 12.1. The zero-order chi connectivity index (χ0) is 14.4. The van der Waals surface area contributed by atoms with Gasteiger partial charge in [0.25, 0.3) is 0 Å². The highest BCUT2D eigenvalue weighted by Gasteiger charge is 2.12. The van der Waals surface area contributed by atoms with Crippen molar-refractivity contribution < 1.29 is 4.79 Å². The van der Waals surface area contributed by atoms with Gasteiger partial charge in [0, 0.05) is 11.4 Å². The summed E-state index contributed by atoms with van der Waals surface area (Å²) >= 11 is 0. The molecule has 0 spiro atoms. The number of para-hydroxylation sites is 1. The summed E-state index contributed by atoms with van der Waals surface area (Å²) in [5.74, 6) is -0.0434. The molecule has 2 rings (SSSR count). The van der Waals surface area contributed by atoms with Gasteiger partial charge in [-0.3, -0.25) is 4.79 Å². The van der Waals surface area contributed by atoms with Gasteiger partial charge in [-0.05, 0) is 43.2 Å². The van der Waals surface area contributed by atoms with Crippen LogP contribution in [0.4, 0.5) is 11.4 Å². The number of amides is 1. The molecule has 2 aromatic rings. The molecular weight excluding hydrogens is 248 g/mol. The fourth-order valence-electron chi connectivity index (χ4n) is 1.92. The van der Waals surface area contributed by atoms with Crippen LogP contribution in [0.5, 0.6) is 0 Å². The van der Waals surface area contributed by atoms with Crippen molar-refractivity contribution >= 4 is 17.3 Å². The third kappa shape index (κ3) is 3.85. The molecule has 0 heterocycles. The van der Waals surface area contributed by atoms with Crippen molar-refractivity contribution in [2.45, 2.75) is 26.3 Å². The molecule has 0 saturated heterocycles. The van der Waals surface area contributed by atoms with Crippen LogP contribution in [0.2, 0.25) is 0 Å². The molecule has 0 fully saturated rings. The zero-order valence-electron chi connectivity index (χ0n) is 11.9. The van der Waals surface area contributed by atoms with E-state index in [0.29, 0.717) is 0 Å². The number of aryl methyl sites for hydroxylation is 1. The number of carbonyl (C=O) groups is 1.